The van der Waals surface area contributed by atoms with Crippen molar-refractivity contribution in [3.8, 4) is 0 Å². The van der Waals surface area contributed by atoms with E-state index in [2.05, 4.69) is 23.9 Å². The lowest BCUT2D eigenvalue weighted by Crippen LogP contribution is -2.13. The fourth-order valence-electron chi connectivity index (χ4n) is 0.282. The molecule has 10 heavy (non-hydrogen) atoms. The van der Waals surface area contributed by atoms with Crippen molar-refractivity contribution < 1.29 is 9.53 Å². The van der Waals surface area contributed by atoms with Crippen molar-refractivity contribution in [2.45, 2.75) is 5.25 Å². The SMILES string of the molecule is C=CC(=O)OCC(S)CCl. The maximum Gasteiger partial charge on any atom is 0.330 e. The quantitative estimate of drug-likeness (QED) is 0.305. The summed E-state index contributed by atoms with van der Waals surface area (Å²) in [5.74, 6) is -0.0720. The van der Waals surface area contributed by atoms with E-state index in [0.29, 0.717) is 5.88 Å². The summed E-state index contributed by atoms with van der Waals surface area (Å²) in [6.07, 6.45) is 1.11. The summed E-state index contributed by atoms with van der Waals surface area (Å²) in [5.41, 5.74) is 0. The Morgan fingerprint density at radius 1 is 1.90 bits per heavy atom. The fourth-order valence-corrected chi connectivity index (χ4v) is 0.445. The van der Waals surface area contributed by atoms with Gasteiger partial charge in [0.05, 0.1) is 0 Å². The molecule has 0 amide bonds. The van der Waals surface area contributed by atoms with Crippen LogP contribution >= 0.6 is 24.2 Å². The number of thiol groups is 1. The van der Waals surface area contributed by atoms with Crippen LogP contribution in [0.4, 0.5) is 0 Å². The number of rotatable bonds is 4. The minimum Gasteiger partial charge on any atom is -0.461 e. The topological polar surface area (TPSA) is 26.3 Å². The van der Waals surface area contributed by atoms with E-state index in [4.69, 9.17) is 11.6 Å². The van der Waals surface area contributed by atoms with Gasteiger partial charge < -0.3 is 4.74 Å². The molecule has 0 aliphatic heterocycles. The Bertz CT molecular complexity index is 127. The zero-order chi connectivity index (χ0) is 7.98. The van der Waals surface area contributed by atoms with Crippen LogP contribution in [0.2, 0.25) is 0 Å². The number of hydrogen-bond donors (Lipinski definition) is 1. The molecule has 0 radical (unpaired) electrons. The second kappa shape index (κ2) is 5.62. The number of alkyl halides is 1. The molecule has 0 N–H and O–H groups in total. The largest absolute Gasteiger partial charge is 0.461 e. The van der Waals surface area contributed by atoms with E-state index in [0.717, 1.165) is 6.08 Å². The molecule has 4 heteroatoms. The van der Waals surface area contributed by atoms with Crippen molar-refractivity contribution >= 4 is 30.2 Å². The first kappa shape index (κ1) is 9.85. The fraction of sp³-hybridized carbons (Fsp3) is 0.500. The summed E-state index contributed by atoms with van der Waals surface area (Å²) in [4.78, 5) is 10.4. The van der Waals surface area contributed by atoms with Gasteiger partial charge in [-0.05, 0) is 0 Å². The number of halogens is 1. The van der Waals surface area contributed by atoms with Crippen molar-refractivity contribution in [2.75, 3.05) is 12.5 Å². The van der Waals surface area contributed by atoms with Crippen molar-refractivity contribution in [3.05, 3.63) is 12.7 Å². The Kier molecular flexibility index (Phi) is 5.54. The van der Waals surface area contributed by atoms with Gasteiger partial charge in [-0.3, -0.25) is 0 Å². The van der Waals surface area contributed by atoms with Gasteiger partial charge >= 0.3 is 5.97 Å². The maximum atomic E-state index is 10.4. The average molecular weight is 181 g/mol. The van der Waals surface area contributed by atoms with Crippen LogP contribution in [-0.4, -0.2) is 23.7 Å². The van der Waals surface area contributed by atoms with Crippen molar-refractivity contribution in [1.82, 2.24) is 0 Å². The van der Waals surface area contributed by atoms with Gasteiger partial charge in [-0.15, -0.1) is 11.6 Å². The lowest BCUT2D eigenvalue weighted by atomic mass is 10.5. The lowest BCUT2D eigenvalue weighted by molar-refractivity contribution is -0.137. The Morgan fingerprint density at radius 2 is 2.50 bits per heavy atom. The van der Waals surface area contributed by atoms with Gasteiger partial charge in [0.2, 0.25) is 0 Å². The zero-order valence-corrected chi connectivity index (χ0v) is 7.07. The molecule has 0 saturated heterocycles. The maximum absolute atomic E-state index is 10.4. The molecule has 2 nitrogen and oxygen atoms in total. The highest BCUT2D eigenvalue weighted by Crippen LogP contribution is 1.98. The Hall–Kier alpha value is -0.150. The van der Waals surface area contributed by atoms with E-state index in [-0.39, 0.29) is 11.9 Å². The predicted octanol–water partition coefficient (Wildman–Crippen LogP) is 1.25. The van der Waals surface area contributed by atoms with Crippen LogP contribution in [-0.2, 0) is 9.53 Å². The van der Waals surface area contributed by atoms with Gasteiger partial charge in [0.25, 0.3) is 0 Å². The van der Waals surface area contributed by atoms with Gasteiger partial charge in [0.1, 0.15) is 6.61 Å². The first-order valence-corrected chi connectivity index (χ1v) is 3.79. The van der Waals surface area contributed by atoms with Crippen molar-refractivity contribution in [2.24, 2.45) is 0 Å². The van der Waals surface area contributed by atoms with E-state index in [9.17, 15) is 4.79 Å². The third kappa shape index (κ3) is 4.70. The molecule has 0 aromatic rings. The van der Waals surface area contributed by atoms with Crippen LogP contribution in [0, 0.1) is 0 Å². The molecule has 0 spiro atoms. The van der Waals surface area contributed by atoms with E-state index in [1.807, 2.05) is 0 Å². The molecule has 0 aliphatic rings. The summed E-state index contributed by atoms with van der Waals surface area (Å²) in [6, 6.07) is 0. The highest BCUT2D eigenvalue weighted by molar-refractivity contribution is 7.81. The van der Waals surface area contributed by atoms with E-state index >= 15 is 0 Å². The Labute approximate surface area is 70.6 Å². The standard InChI is InChI=1S/C6H9ClO2S/c1-2-6(8)9-4-5(10)3-7/h2,5,10H,1,3-4H2. The first-order chi connectivity index (χ1) is 4.70. The van der Waals surface area contributed by atoms with Gasteiger partial charge in [-0.1, -0.05) is 6.58 Å². The molecule has 0 heterocycles. The number of hydrogen-bond acceptors (Lipinski definition) is 3. The number of esters is 1. The number of carbonyl (C=O) groups excluding carboxylic acids is 1. The zero-order valence-electron chi connectivity index (χ0n) is 5.42. The molecule has 0 fully saturated rings. The van der Waals surface area contributed by atoms with Crippen molar-refractivity contribution in [3.63, 3.8) is 0 Å². The number of carbonyl (C=O) groups is 1. The summed E-state index contributed by atoms with van der Waals surface area (Å²) < 4.78 is 4.63. The average Bonchev–Trinajstić information content (AvgIpc) is 1.99. The summed E-state index contributed by atoms with van der Waals surface area (Å²) in [6.45, 7) is 3.47. The van der Waals surface area contributed by atoms with E-state index in [1.165, 1.54) is 0 Å². The predicted molar refractivity (Wildman–Crippen MR) is 44.7 cm³/mol. The monoisotopic (exact) mass is 180 g/mol. The third-order valence-corrected chi connectivity index (χ3v) is 1.68. The summed E-state index contributed by atoms with van der Waals surface area (Å²) in [7, 11) is 0. The summed E-state index contributed by atoms with van der Waals surface area (Å²) >= 11 is 9.39. The second-order valence-corrected chi connectivity index (χ2v) is 2.68. The highest BCUT2D eigenvalue weighted by Gasteiger charge is 2.02. The van der Waals surface area contributed by atoms with Crippen LogP contribution in [0.3, 0.4) is 0 Å². The molecule has 0 saturated carbocycles. The van der Waals surface area contributed by atoms with Gasteiger partial charge in [0.15, 0.2) is 0 Å². The van der Waals surface area contributed by atoms with Gasteiger partial charge in [-0.25, -0.2) is 4.79 Å². The summed E-state index contributed by atoms with van der Waals surface area (Å²) in [5, 5.41) is -0.0921. The molecule has 1 atom stereocenters. The van der Waals surface area contributed by atoms with E-state index in [1.54, 1.807) is 0 Å². The van der Waals surface area contributed by atoms with Crippen LogP contribution in [0.5, 0.6) is 0 Å². The normalized spacial score (nSPS) is 12.2. The van der Waals surface area contributed by atoms with Gasteiger partial charge in [-0.2, -0.15) is 12.6 Å². The second-order valence-electron chi connectivity index (χ2n) is 1.64. The molecule has 58 valence electrons. The smallest absolute Gasteiger partial charge is 0.330 e. The van der Waals surface area contributed by atoms with Crippen LogP contribution in [0.15, 0.2) is 12.7 Å². The molecule has 0 bridgehead atoms. The first-order valence-electron chi connectivity index (χ1n) is 2.74. The molecule has 0 rings (SSSR count). The van der Waals surface area contributed by atoms with Crippen LogP contribution in [0.1, 0.15) is 0 Å². The van der Waals surface area contributed by atoms with Crippen LogP contribution < -0.4 is 0 Å². The molecule has 1 unspecified atom stereocenters. The number of ether oxygens (including phenoxy) is 1. The lowest BCUT2D eigenvalue weighted by Gasteiger charge is -2.05. The molecular formula is C6H9ClO2S. The minimum absolute atomic E-state index is 0.0921. The van der Waals surface area contributed by atoms with Gasteiger partial charge in [0, 0.05) is 17.2 Å². The minimum atomic E-state index is -0.441. The molecule has 0 aliphatic carbocycles. The Balaban J connectivity index is 3.34. The van der Waals surface area contributed by atoms with Crippen molar-refractivity contribution in [1.29, 1.82) is 0 Å². The van der Waals surface area contributed by atoms with Crippen LogP contribution in [0.25, 0.3) is 0 Å². The highest BCUT2D eigenvalue weighted by atomic mass is 35.5. The molecule has 0 aromatic carbocycles. The van der Waals surface area contributed by atoms with E-state index < -0.39 is 5.97 Å². The molecular weight excluding hydrogens is 172 g/mol. The third-order valence-electron chi connectivity index (χ3n) is 0.763. The molecule has 0 aromatic heterocycles. The Morgan fingerprint density at radius 3 is 2.90 bits per heavy atom.